The van der Waals surface area contributed by atoms with E-state index in [1.807, 2.05) is 38.8 Å². The van der Waals surface area contributed by atoms with Gasteiger partial charge in [0.1, 0.15) is 4.88 Å². The maximum Gasteiger partial charge on any atom is 0.348 e. The highest BCUT2D eigenvalue weighted by Gasteiger charge is 2.37. The molecule has 0 unspecified atom stereocenters. The van der Waals surface area contributed by atoms with Gasteiger partial charge in [0.2, 0.25) is 11.1 Å². The Hall–Kier alpha value is -2.38. The first-order valence-corrected chi connectivity index (χ1v) is 14.8. The lowest BCUT2D eigenvalue weighted by atomic mass is 9.81. The minimum absolute atomic E-state index is 0.0301. The van der Waals surface area contributed by atoms with Crippen LogP contribution >= 0.6 is 23.1 Å². The van der Waals surface area contributed by atoms with Crippen molar-refractivity contribution in [1.82, 2.24) is 20.2 Å². The summed E-state index contributed by atoms with van der Waals surface area (Å²) >= 11 is 2.85. The molecule has 0 aliphatic heterocycles. The number of aryl methyl sites for hydroxylation is 1. The second-order valence-electron chi connectivity index (χ2n) is 11.4. The number of rotatable bonds is 6. The van der Waals surface area contributed by atoms with E-state index in [2.05, 4.69) is 34.3 Å². The number of tetrazole rings is 1. The monoisotopic (exact) mass is 543 g/mol. The summed E-state index contributed by atoms with van der Waals surface area (Å²) in [5, 5.41) is 23.0. The first-order chi connectivity index (χ1) is 17.5. The Kier molecular flexibility index (Phi) is 8.64. The maximum absolute atomic E-state index is 14.1. The summed E-state index contributed by atoms with van der Waals surface area (Å²) in [6.07, 6.45) is 7.27. The molecule has 2 heterocycles. The number of thiophene rings is 1. The van der Waals surface area contributed by atoms with E-state index in [9.17, 15) is 14.7 Å². The van der Waals surface area contributed by atoms with Crippen LogP contribution in [-0.4, -0.2) is 48.5 Å². The molecule has 0 radical (unpaired) electrons. The van der Waals surface area contributed by atoms with Gasteiger partial charge in [-0.3, -0.25) is 4.79 Å². The maximum atomic E-state index is 14.1. The summed E-state index contributed by atoms with van der Waals surface area (Å²) < 4.78 is 1.68. The molecule has 2 aliphatic carbocycles. The Bertz CT molecular complexity index is 1170. The number of anilines is 1. The van der Waals surface area contributed by atoms with Crippen molar-refractivity contribution in [2.24, 2.45) is 24.3 Å². The molecule has 8 nitrogen and oxygen atoms in total. The molecule has 0 spiro atoms. The fourth-order valence-electron chi connectivity index (χ4n) is 5.11. The molecule has 2 aromatic heterocycles. The minimum Gasteiger partial charge on any atom is -0.477 e. The molecule has 0 aromatic carbocycles. The highest BCUT2D eigenvalue weighted by atomic mass is 32.2. The molecule has 0 bridgehead atoms. The smallest absolute Gasteiger partial charge is 0.348 e. The van der Waals surface area contributed by atoms with Gasteiger partial charge in [0.25, 0.3) is 0 Å². The van der Waals surface area contributed by atoms with Gasteiger partial charge in [-0.05, 0) is 94.5 Å². The molecule has 1 N–H and O–H groups in total. The summed E-state index contributed by atoms with van der Waals surface area (Å²) in [6, 6.07) is 1.81. The third-order valence-electron chi connectivity index (χ3n) is 7.19. The molecule has 2 saturated carbocycles. The van der Waals surface area contributed by atoms with E-state index in [4.69, 9.17) is 0 Å². The number of amides is 1. The predicted octanol–water partition coefficient (Wildman–Crippen LogP) is 5.63. The van der Waals surface area contributed by atoms with Gasteiger partial charge in [0, 0.05) is 29.7 Å². The van der Waals surface area contributed by atoms with Crippen molar-refractivity contribution in [3.8, 4) is 11.8 Å². The van der Waals surface area contributed by atoms with E-state index in [0.29, 0.717) is 21.7 Å². The van der Waals surface area contributed by atoms with Crippen LogP contribution in [0.25, 0.3) is 0 Å². The van der Waals surface area contributed by atoms with E-state index in [0.717, 1.165) is 56.5 Å². The zero-order chi connectivity index (χ0) is 26.7. The highest BCUT2D eigenvalue weighted by molar-refractivity contribution is 7.99. The molecule has 0 saturated heterocycles. The highest BCUT2D eigenvalue weighted by Crippen LogP contribution is 2.41. The Balaban J connectivity index is 1.62. The number of carbonyl (C=O) groups is 2. The van der Waals surface area contributed by atoms with Gasteiger partial charge in [0.05, 0.1) is 10.6 Å². The fraction of sp³-hybridized carbons (Fsp3) is 0.667. The van der Waals surface area contributed by atoms with Crippen LogP contribution in [0.4, 0.5) is 5.69 Å². The van der Waals surface area contributed by atoms with Gasteiger partial charge < -0.3 is 10.0 Å². The number of hydrogen-bond acceptors (Lipinski definition) is 7. The van der Waals surface area contributed by atoms with Crippen LogP contribution in [0.15, 0.2) is 11.2 Å². The van der Waals surface area contributed by atoms with Gasteiger partial charge in [0.15, 0.2) is 0 Å². The molecule has 4 rings (SSSR count). The number of carbonyl (C=O) groups excluding carboxylic acids is 1. The molecule has 2 aromatic rings. The van der Waals surface area contributed by atoms with E-state index < -0.39 is 5.97 Å². The molecule has 1 amide bonds. The second-order valence-corrected chi connectivity index (χ2v) is 13.7. The molecular formula is C27H37N5O3S2. The van der Waals surface area contributed by atoms with Crippen LogP contribution in [0.5, 0.6) is 0 Å². The van der Waals surface area contributed by atoms with Gasteiger partial charge in [-0.25, -0.2) is 9.48 Å². The third kappa shape index (κ3) is 6.94. The van der Waals surface area contributed by atoms with Crippen molar-refractivity contribution in [3.05, 3.63) is 15.8 Å². The van der Waals surface area contributed by atoms with Gasteiger partial charge in [-0.2, -0.15) is 0 Å². The average molecular weight is 544 g/mol. The fourth-order valence-corrected chi connectivity index (χ4v) is 7.04. The Morgan fingerprint density at radius 1 is 1.14 bits per heavy atom. The molecular weight excluding hydrogens is 506 g/mol. The van der Waals surface area contributed by atoms with Crippen LogP contribution in [0, 0.1) is 29.1 Å². The van der Waals surface area contributed by atoms with Crippen LogP contribution in [0.3, 0.4) is 0 Å². The van der Waals surface area contributed by atoms with E-state index in [-0.39, 0.29) is 28.2 Å². The molecule has 0 atom stereocenters. The second kappa shape index (κ2) is 11.6. The number of carboxylic acid groups (broad SMARTS) is 1. The number of carboxylic acids is 1. The van der Waals surface area contributed by atoms with Crippen molar-refractivity contribution < 1.29 is 14.7 Å². The Labute approximate surface area is 227 Å². The lowest BCUT2D eigenvalue weighted by Gasteiger charge is -2.39. The summed E-state index contributed by atoms with van der Waals surface area (Å²) in [5.74, 6) is 6.03. The number of nitrogens with zero attached hydrogens (tertiary/aromatic N) is 5. The summed E-state index contributed by atoms with van der Waals surface area (Å²) in [4.78, 5) is 29.1. The number of thioether (sulfide) groups is 1. The standard InChI is InChI=1S/C27H37N5O3S2/c1-17-6-8-18(9-7-17)24(33)32(19-10-12-20(13-11-19)37-26-28-29-30-31(26)5)22-16-21(14-15-27(2,3)4)36-23(22)25(34)35/h16-20H,6-13H2,1-5H3,(H,34,35)/t17-,18-,19-,20+. The van der Waals surface area contributed by atoms with Crippen molar-refractivity contribution in [2.45, 2.75) is 95.5 Å². The number of aromatic carboxylic acids is 1. The van der Waals surface area contributed by atoms with Crippen LogP contribution in [-0.2, 0) is 11.8 Å². The zero-order valence-electron chi connectivity index (χ0n) is 22.4. The third-order valence-corrected chi connectivity index (χ3v) is 9.58. The number of aromatic nitrogens is 4. The average Bonchev–Trinajstić information content (AvgIpc) is 3.45. The van der Waals surface area contributed by atoms with Gasteiger partial charge >= 0.3 is 5.97 Å². The van der Waals surface area contributed by atoms with E-state index in [1.54, 1.807) is 16.4 Å². The normalized spacial score (nSPS) is 24.2. The lowest BCUT2D eigenvalue weighted by Crippen LogP contribution is -2.46. The first kappa shape index (κ1) is 27.6. The lowest BCUT2D eigenvalue weighted by molar-refractivity contribution is -0.124. The Morgan fingerprint density at radius 3 is 2.38 bits per heavy atom. The molecule has 2 fully saturated rings. The van der Waals surface area contributed by atoms with Gasteiger partial charge in [-0.15, -0.1) is 16.4 Å². The largest absolute Gasteiger partial charge is 0.477 e. The Morgan fingerprint density at radius 2 is 1.81 bits per heavy atom. The number of hydrogen-bond donors (Lipinski definition) is 1. The first-order valence-electron chi connectivity index (χ1n) is 13.1. The van der Waals surface area contributed by atoms with Gasteiger partial charge in [-0.1, -0.05) is 30.5 Å². The van der Waals surface area contributed by atoms with Crippen molar-refractivity contribution in [1.29, 1.82) is 0 Å². The molecule has 37 heavy (non-hydrogen) atoms. The summed E-state index contributed by atoms with van der Waals surface area (Å²) in [5.41, 5.74) is 0.323. The quantitative estimate of drug-likeness (QED) is 0.471. The summed E-state index contributed by atoms with van der Waals surface area (Å²) in [6.45, 7) is 8.33. The minimum atomic E-state index is -1.00. The van der Waals surface area contributed by atoms with Crippen LogP contribution in [0.1, 0.15) is 93.6 Å². The van der Waals surface area contributed by atoms with Crippen LogP contribution < -0.4 is 4.90 Å². The predicted molar refractivity (Wildman–Crippen MR) is 147 cm³/mol. The van der Waals surface area contributed by atoms with Crippen molar-refractivity contribution >= 4 is 40.7 Å². The molecule has 2 aliphatic rings. The van der Waals surface area contributed by atoms with Crippen molar-refractivity contribution in [2.75, 3.05) is 4.90 Å². The van der Waals surface area contributed by atoms with Crippen LogP contribution in [0.2, 0.25) is 0 Å². The SMILES string of the molecule is Cn1nnnc1S[C@H]1CC[C@@H](N(c2cc(C#CC(C)(C)C)sc2C(=O)O)C(=O)[C@H]2CC[C@H](C)CC2)CC1. The summed E-state index contributed by atoms with van der Waals surface area (Å²) in [7, 11) is 1.84. The van der Waals surface area contributed by atoms with E-state index in [1.165, 1.54) is 11.3 Å². The topological polar surface area (TPSA) is 101 Å². The molecule has 10 heteroatoms. The molecule has 200 valence electrons. The van der Waals surface area contributed by atoms with E-state index >= 15 is 0 Å². The van der Waals surface area contributed by atoms with Crippen molar-refractivity contribution in [3.63, 3.8) is 0 Å². The zero-order valence-corrected chi connectivity index (χ0v) is 24.0.